The van der Waals surface area contributed by atoms with Crippen LogP contribution in [0, 0.1) is 5.82 Å². The minimum Gasteiger partial charge on any atom is -0.494 e. The van der Waals surface area contributed by atoms with Gasteiger partial charge in [0.2, 0.25) is 5.91 Å². The molecule has 1 aromatic rings. The molecule has 0 aliphatic carbocycles. The van der Waals surface area contributed by atoms with E-state index >= 15 is 0 Å². The summed E-state index contributed by atoms with van der Waals surface area (Å²) in [5.74, 6) is -1.56. The molecule has 0 saturated carbocycles. The Morgan fingerprint density at radius 2 is 2.05 bits per heavy atom. The topological polar surface area (TPSA) is 49.8 Å². The standard InChI is InChI=1S/C13H15F4NO3/c1-21-11-3-2-9(6-10(11)14)7-12(20)18(4-5-19)8-13(15,16)17/h2-3,6,19H,4-5,7-8H2,1H3. The highest BCUT2D eigenvalue weighted by molar-refractivity contribution is 5.78. The number of aliphatic hydroxyl groups is 1. The Morgan fingerprint density at radius 1 is 1.38 bits per heavy atom. The van der Waals surface area contributed by atoms with Gasteiger partial charge in [0.05, 0.1) is 20.1 Å². The zero-order valence-electron chi connectivity index (χ0n) is 11.3. The number of hydrogen-bond acceptors (Lipinski definition) is 3. The van der Waals surface area contributed by atoms with Crippen molar-refractivity contribution in [2.45, 2.75) is 12.6 Å². The second kappa shape index (κ2) is 7.26. The number of benzene rings is 1. The van der Waals surface area contributed by atoms with Gasteiger partial charge in [-0.1, -0.05) is 6.07 Å². The van der Waals surface area contributed by atoms with Crippen molar-refractivity contribution in [2.24, 2.45) is 0 Å². The Labute approximate surface area is 118 Å². The summed E-state index contributed by atoms with van der Waals surface area (Å²) >= 11 is 0. The van der Waals surface area contributed by atoms with Crippen LogP contribution in [0.3, 0.4) is 0 Å². The van der Waals surface area contributed by atoms with E-state index in [1.165, 1.54) is 19.2 Å². The molecule has 0 aliphatic rings. The molecule has 118 valence electrons. The largest absolute Gasteiger partial charge is 0.494 e. The number of nitrogens with zero attached hydrogens (tertiary/aromatic N) is 1. The summed E-state index contributed by atoms with van der Waals surface area (Å²) in [5, 5.41) is 8.72. The first-order valence-corrected chi connectivity index (χ1v) is 6.04. The van der Waals surface area contributed by atoms with E-state index < -0.39 is 44.0 Å². The molecular formula is C13H15F4NO3. The van der Waals surface area contributed by atoms with Crippen molar-refractivity contribution in [1.82, 2.24) is 4.90 Å². The van der Waals surface area contributed by atoms with Crippen LogP contribution in [0.15, 0.2) is 18.2 Å². The van der Waals surface area contributed by atoms with Gasteiger partial charge in [0.25, 0.3) is 0 Å². The molecule has 21 heavy (non-hydrogen) atoms. The third-order valence-electron chi connectivity index (χ3n) is 2.66. The number of ether oxygens (including phenoxy) is 1. The third kappa shape index (κ3) is 5.58. The van der Waals surface area contributed by atoms with Crippen LogP contribution < -0.4 is 4.74 Å². The predicted octanol–water partition coefficient (Wildman–Crippen LogP) is 1.76. The molecule has 8 heteroatoms. The highest BCUT2D eigenvalue weighted by Gasteiger charge is 2.32. The lowest BCUT2D eigenvalue weighted by atomic mass is 10.1. The molecule has 1 amide bonds. The molecule has 0 radical (unpaired) electrons. The van der Waals surface area contributed by atoms with Crippen molar-refractivity contribution in [3.63, 3.8) is 0 Å². The zero-order chi connectivity index (χ0) is 16.0. The quantitative estimate of drug-likeness (QED) is 0.815. The summed E-state index contributed by atoms with van der Waals surface area (Å²) in [6.07, 6.45) is -4.95. The van der Waals surface area contributed by atoms with E-state index in [-0.39, 0.29) is 11.3 Å². The fourth-order valence-electron chi connectivity index (χ4n) is 1.74. The first kappa shape index (κ1) is 17.2. The highest BCUT2D eigenvalue weighted by Crippen LogP contribution is 2.20. The van der Waals surface area contributed by atoms with Gasteiger partial charge in [-0.2, -0.15) is 13.2 Å². The number of aliphatic hydroxyl groups excluding tert-OH is 1. The van der Waals surface area contributed by atoms with E-state index in [0.717, 1.165) is 6.07 Å². The average Bonchev–Trinajstić information content (AvgIpc) is 2.37. The maximum absolute atomic E-state index is 13.5. The third-order valence-corrected chi connectivity index (χ3v) is 2.66. The molecule has 1 N–H and O–H groups in total. The van der Waals surface area contributed by atoms with Crippen LogP contribution in [0.1, 0.15) is 5.56 Å². The molecule has 0 heterocycles. The summed E-state index contributed by atoms with van der Waals surface area (Å²) in [6.45, 7) is -2.47. The van der Waals surface area contributed by atoms with Crippen molar-refractivity contribution < 1.29 is 32.2 Å². The summed E-state index contributed by atoms with van der Waals surface area (Å²) in [7, 11) is 1.27. The van der Waals surface area contributed by atoms with Gasteiger partial charge in [0.1, 0.15) is 6.54 Å². The molecule has 0 atom stereocenters. The number of hydrogen-bond donors (Lipinski definition) is 1. The first-order valence-electron chi connectivity index (χ1n) is 6.04. The fourth-order valence-corrected chi connectivity index (χ4v) is 1.74. The lowest BCUT2D eigenvalue weighted by molar-refractivity contribution is -0.161. The first-order chi connectivity index (χ1) is 9.76. The van der Waals surface area contributed by atoms with Crippen molar-refractivity contribution >= 4 is 5.91 Å². The van der Waals surface area contributed by atoms with Crippen molar-refractivity contribution in [1.29, 1.82) is 0 Å². The molecule has 0 bridgehead atoms. The lowest BCUT2D eigenvalue weighted by Gasteiger charge is -2.23. The van der Waals surface area contributed by atoms with Crippen molar-refractivity contribution in [3.05, 3.63) is 29.6 Å². The van der Waals surface area contributed by atoms with E-state index in [9.17, 15) is 22.4 Å². The maximum atomic E-state index is 13.5. The number of halogens is 4. The Kier molecular flexibility index (Phi) is 5.95. The SMILES string of the molecule is COc1ccc(CC(=O)N(CCO)CC(F)(F)F)cc1F. The van der Waals surface area contributed by atoms with E-state index in [1.807, 2.05) is 0 Å². The Hall–Kier alpha value is -1.83. The Bertz CT molecular complexity index is 491. The van der Waals surface area contributed by atoms with Gasteiger partial charge in [-0.25, -0.2) is 4.39 Å². The number of methoxy groups -OCH3 is 1. The summed E-state index contributed by atoms with van der Waals surface area (Å²) < 4.78 is 55.2. The second-order valence-corrected chi connectivity index (χ2v) is 4.30. The van der Waals surface area contributed by atoms with E-state index in [0.29, 0.717) is 4.90 Å². The van der Waals surface area contributed by atoms with Gasteiger partial charge in [0.15, 0.2) is 11.6 Å². The van der Waals surface area contributed by atoms with Crippen LogP contribution in [0.2, 0.25) is 0 Å². The van der Waals surface area contributed by atoms with Crippen LogP contribution >= 0.6 is 0 Å². The number of carbonyl (C=O) groups is 1. The van der Waals surface area contributed by atoms with Crippen molar-refractivity contribution in [3.8, 4) is 5.75 Å². The minimum absolute atomic E-state index is 0.0197. The number of amides is 1. The number of rotatable bonds is 6. The maximum Gasteiger partial charge on any atom is 0.406 e. The van der Waals surface area contributed by atoms with Crippen LogP contribution in [0.25, 0.3) is 0 Å². The Balaban J connectivity index is 2.79. The molecule has 0 aliphatic heterocycles. The van der Waals surface area contributed by atoms with E-state index in [4.69, 9.17) is 9.84 Å². The lowest BCUT2D eigenvalue weighted by Crippen LogP contribution is -2.41. The molecule has 1 rings (SSSR count). The summed E-state index contributed by atoms with van der Waals surface area (Å²) in [5.41, 5.74) is 0.225. The summed E-state index contributed by atoms with van der Waals surface area (Å²) in [4.78, 5) is 12.3. The van der Waals surface area contributed by atoms with Crippen LogP contribution in [0.4, 0.5) is 17.6 Å². The van der Waals surface area contributed by atoms with Gasteiger partial charge >= 0.3 is 6.18 Å². The number of alkyl halides is 3. The van der Waals surface area contributed by atoms with Crippen LogP contribution in [-0.4, -0.2) is 48.9 Å². The predicted molar refractivity (Wildman–Crippen MR) is 66.4 cm³/mol. The van der Waals surface area contributed by atoms with E-state index in [1.54, 1.807) is 0 Å². The van der Waals surface area contributed by atoms with E-state index in [2.05, 4.69) is 0 Å². The summed E-state index contributed by atoms with van der Waals surface area (Å²) in [6, 6.07) is 3.71. The van der Waals surface area contributed by atoms with Gasteiger partial charge in [-0.05, 0) is 17.7 Å². The molecule has 0 fully saturated rings. The van der Waals surface area contributed by atoms with Crippen LogP contribution in [-0.2, 0) is 11.2 Å². The normalized spacial score (nSPS) is 11.3. The molecule has 0 aromatic heterocycles. The fraction of sp³-hybridized carbons (Fsp3) is 0.462. The average molecular weight is 309 g/mol. The Morgan fingerprint density at radius 3 is 2.52 bits per heavy atom. The number of carbonyl (C=O) groups excluding carboxylic acids is 1. The minimum atomic E-state index is -4.56. The van der Waals surface area contributed by atoms with Gasteiger partial charge in [-0.3, -0.25) is 4.79 Å². The van der Waals surface area contributed by atoms with Crippen LogP contribution in [0.5, 0.6) is 5.75 Å². The van der Waals surface area contributed by atoms with Crippen molar-refractivity contribution in [2.75, 3.05) is 26.8 Å². The molecule has 1 aromatic carbocycles. The zero-order valence-corrected chi connectivity index (χ0v) is 11.3. The van der Waals surface area contributed by atoms with Gasteiger partial charge in [0, 0.05) is 6.54 Å². The molecule has 4 nitrogen and oxygen atoms in total. The monoisotopic (exact) mass is 309 g/mol. The van der Waals surface area contributed by atoms with Gasteiger partial charge < -0.3 is 14.7 Å². The van der Waals surface area contributed by atoms with Gasteiger partial charge in [-0.15, -0.1) is 0 Å². The molecular weight excluding hydrogens is 294 g/mol. The molecule has 0 spiro atoms. The highest BCUT2D eigenvalue weighted by atomic mass is 19.4. The molecule has 0 saturated heterocycles. The smallest absolute Gasteiger partial charge is 0.406 e. The molecule has 0 unspecified atom stereocenters. The second-order valence-electron chi connectivity index (χ2n) is 4.30.